The van der Waals surface area contributed by atoms with Crippen molar-refractivity contribution in [3.8, 4) is 17.2 Å². The van der Waals surface area contributed by atoms with Crippen molar-refractivity contribution in [1.82, 2.24) is 5.32 Å². The highest BCUT2D eigenvalue weighted by molar-refractivity contribution is 5.80. The predicted molar refractivity (Wildman–Crippen MR) is 111 cm³/mol. The molecule has 0 aromatic heterocycles. The Morgan fingerprint density at radius 3 is 2.60 bits per heavy atom. The van der Waals surface area contributed by atoms with Crippen LogP contribution in [0.3, 0.4) is 0 Å². The van der Waals surface area contributed by atoms with E-state index in [-0.39, 0.29) is 25.0 Å². The van der Waals surface area contributed by atoms with Crippen LogP contribution in [0.15, 0.2) is 42.5 Å². The van der Waals surface area contributed by atoms with Gasteiger partial charge in [0.05, 0.1) is 0 Å². The van der Waals surface area contributed by atoms with E-state index in [4.69, 9.17) is 18.9 Å². The van der Waals surface area contributed by atoms with Crippen molar-refractivity contribution >= 4 is 11.9 Å². The lowest BCUT2D eigenvalue weighted by Crippen LogP contribution is -2.31. The van der Waals surface area contributed by atoms with Crippen LogP contribution in [0.1, 0.15) is 30.9 Å². The molecule has 0 unspecified atom stereocenters. The van der Waals surface area contributed by atoms with Crippen molar-refractivity contribution in [3.63, 3.8) is 0 Å². The van der Waals surface area contributed by atoms with Gasteiger partial charge < -0.3 is 24.3 Å². The summed E-state index contributed by atoms with van der Waals surface area (Å²) >= 11 is 0. The third kappa shape index (κ3) is 6.14. The Kier molecular flexibility index (Phi) is 7.54. The van der Waals surface area contributed by atoms with E-state index in [9.17, 15) is 9.59 Å². The summed E-state index contributed by atoms with van der Waals surface area (Å²) in [6.45, 7) is 5.03. The minimum absolute atomic E-state index is 0.242. The minimum atomic E-state index is -0.587. The SMILES string of the molecule is CC(C)c1ccccc1OCC(=O)OCC(=O)NCCc1ccc2c(c1)OCCO2. The van der Waals surface area contributed by atoms with Gasteiger partial charge in [-0.05, 0) is 41.7 Å². The molecule has 0 radical (unpaired) electrons. The van der Waals surface area contributed by atoms with Gasteiger partial charge >= 0.3 is 5.97 Å². The standard InChI is InChI=1S/C23H27NO6/c1-16(2)18-5-3-4-6-19(18)29-15-23(26)30-14-22(25)24-10-9-17-7-8-20-21(13-17)28-12-11-27-20/h3-8,13,16H,9-12,14-15H2,1-2H3,(H,24,25). The molecule has 1 aliphatic rings. The summed E-state index contributed by atoms with van der Waals surface area (Å²) in [6, 6.07) is 13.3. The molecule has 1 amide bonds. The highest BCUT2D eigenvalue weighted by atomic mass is 16.6. The lowest BCUT2D eigenvalue weighted by atomic mass is 10.0. The van der Waals surface area contributed by atoms with Crippen molar-refractivity contribution < 1.29 is 28.5 Å². The quantitative estimate of drug-likeness (QED) is 0.637. The molecule has 1 aliphatic heterocycles. The van der Waals surface area contributed by atoms with Gasteiger partial charge in [0.15, 0.2) is 24.7 Å². The van der Waals surface area contributed by atoms with Crippen LogP contribution in [0, 0.1) is 0 Å². The van der Waals surface area contributed by atoms with Crippen LogP contribution >= 0.6 is 0 Å². The maximum atomic E-state index is 11.9. The Labute approximate surface area is 176 Å². The van der Waals surface area contributed by atoms with E-state index in [1.165, 1.54) is 0 Å². The molecule has 2 aromatic carbocycles. The number of nitrogens with one attached hydrogen (secondary N) is 1. The Bertz CT molecular complexity index is 880. The predicted octanol–water partition coefficient (Wildman–Crippen LogP) is 2.86. The summed E-state index contributed by atoms with van der Waals surface area (Å²) in [5.74, 6) is 1.43. The fraction of sp³-hybridized carbons (Fsp3) is 0.391. The van der Waals surface area contributed by atoms with Crippen molar-refractivity contribution in [1.29, 1.82) is 0 Å². The monoisotopic (exact) mass is 413 g/mol. The van der Waals surface area contributed by atoms with E-state index >= 15 is 0 Å². The van der Waals surface area contributed by atoms with Crippen LogP contribution in [-0.4, -0.2) is 44.8 Å². The van der Waals surface area contributed by atoms with Gasteiger partial charge in [0.1, 0.15) is 19.0 Å². The Morgan fingerprint density at radius 1 is 1.03 bits per heavy atom. The van der Waals surface area contributed by atoms with Crippen LogP contribution in [0.25, 0.3) is 0 Å². The van der Waals surface area contributed by atoms with Gasteiger partial charge in [-0.25, -0.2) is 4.79 Å². The van der Waals surface area contributed by atoms with Gasteiger partial charge in [-0.1, -0.05) is 38.1 Å². The molecule has 0 spiro atoms. The van der Waals surface area contributed by atoms with Crippen molar-refractivity contribution in [3.05, 3.63) is 53.6 Å². The fourth-order valence-electron chi connectivity index (χ4n) is 3.05. The fourth-order valence-corrected chi connectivity index (χ4v) is 3.05. The zero-order chi connectivity index (χ0) is 21.3. The molecular formula is C23H27NO6. The maximum Gasteiger partial charge on any atom is 0.344 e. The van der Waals surface area contributed by atoms with Crippen molar-refractivity contribution in [2.24, 2.45) is 0 Å². The van der Waals surface area contributed by atoms with E-state index in [1.54, 1.807) is 0 Å². The number of carbonyl (C=O) groups excluding carboxylic acids is 2. The summed E-state index contributed by atoms with van der Waals surface area (Å²) in [5, 5.41) is 2.74. The number of esters is 1. The van der Waals surface area contributed by atoms with Crippen LogP contribution in [0.5, 0.6) is 17.2 Å². The highest BCUT2D eigenvalue weighted by Gasteiger charge is 2.13. The number of rotatable bonds is 9. The first-order chi connectivity index (χ1) is 14.5. The second-order valence-corrected chi connectivity index (χ2v) is 7.22. The molecule has 0 atom stereocenters. The van der Waals surface area contributed by atoms with E-state index < -0.39 is 5.97 Å². The third-order valence-corrected chi connectivity index (χ3v) is 4.59. The topological polar surface area (TPSA) is 83.1 Å². The normalized spacial score (nSPS) is 12.4. The summed E-state index contributed by atoms with van der Waals surface area (Å²) in [5.41, 5.74) is 2.04. The summed E-state index contributed by atoms with van der Waals surface area (Å²) in [7, 11) is 0. The number of hydrogen-bond acceptors (Lipinski definition) is 6. The number of amides is 1. The third-order valence-electron chi connectivity index (χ3n) is 4.59. The smallest absolute Gasteiger partial charge is 0.344 e. The molecule has 30 heavy (non-hydrogen) atoms. The molecule has 160 valence electrons. The van der Waals surface area contributed by atoms with E-state index in [0.717, 1.165) is 22.6 Å². The number of ether oxygens (including phenoxy) is 4. The molecule has 0 fully saturated rings. The van der Waals surface area contributed by atoms with Gasteiger partial charge in [0.25, 0.3) is 5.91 Å². The maximum absolute atomic E-state index is 11.9. The van der Waals surface area contributed by atoms with E-state index in [0.29, 0.717) is 31.9 Å². The molecule has 7 nitrogen and oxygen atoms in total. The van der Waals surface area contributed by atoms with Crippen LogP contribution in [0.2, 0.25) is 0 Å². The van der Waals surface area contributed by atoms with E-state index in [1.807, 2.05) is 42.5 Å². The molecular weight excluding hydrogens is 386 g/mol. The van der Waals surface area contributed by atoms with Gasteiger partial charge in [-0.15, -0.1) is 0 Å². The van der Waals surface area contributed by atoms with Gasteiger partial charge in [0, 0.05) is 6.54 Å². The van der Waals surface area contributed by atoms with E-state index in [2.05, 4.69) is 19.2 Å². The highest BCUT2D eigenvalue weighted by Crippen LogP contribution is 2.30. The second kappa shape index (κ2) is 10.5. The molecule has 0 bridgehead atoms. The van der Waals surface area contributed by atoms with Crippen LogP contribution in [-0.2, 0) is 20.7 Å². The second-order valence-electron chi connectivity index (χ2n) is 7.22. The first kappa shape index (κ1) is 21.5. The summed E-state index contributed by atoms with van der Waals surface area (Å²) < 4.78 is 21.6. The van der Waals surface area contributed by atoms with Gasteiger partial charge in [-0.3, -0.25) is 4.79 Å². The number of para-hydroxylation sites is 1. The molecule has 0 saturated heterocycles. The van der Waals surface area contributed by atoms with Crippen molar-refractivity contribution in [2.45, 2.75) is 26.2 Å². The average molecular weight is 413 g/mol. The number of carbonyl (C=O) groups is 2. The Balaban J connectivity index is 1.35. The Morgan fingerprint density at radius 2 is 1.80 bits per heavy atom. The Hall–Kier alpha value is -3.22. The minimum Gasteiger partial charge on any atom is -0.486 e. The number of hydrogen-bond donors (Lipinski definition) is 1. The molecule has 0 saturated carbocycles. The largest absolute Gasteiger partial charge is 0.486 e. The van der Waals surface area contributed by atoms with Crippen LogP contribution in [0.4, 0.5) is 0 Å². The lowest BCUT2D eigenvalue weighted by Gasteiger charge is -2.18. The zero-order valence-corrected chi connectivity index (χ0v) is 17.3. The number of benzene rings is 2. The summed E-state index contributed by atoms with van der Waals surface area (Å²) in [4.78, 5) is 23.8. The molecule has 1 N–H and O–H groups in total. The average Bonchev–Trinajstić information content (AvgIpc) is 2.76. The van der Waals surface area contributed by atoms with Gasteiger partial charge in [0.2, 0.25) is 0 Å². The first-order valence-corrected chi connectivity index (χ1v) is 10.1. The molecule has 1 heterocycles. The van der Waals surface area contributed by atoms with Crippen molar-refractivity contribution in [2.75, 3.05) is 33.0 Å². The first-order valence-electron chi connectivity index (χ1n) is 10.1. The molecule has 7 heteroatoms. The van der Waals surface area contributed by atoms with Crippen LogP contribution < -0.4 is 19.5 Å². The number of fused-ring (bicyclic) bond motifs is 1. The van der Waals surface area contributed by atoms with Gasteiger partial charge in [-0.2, -0.15) is 0 Å². The molecule has 0 aliphatic carbocycles. The lowest BCUT2D eigenvalue weighted by molar-refractivity contribution is -0.150. The molecule has 3 rings (SSSR count). The summed E-state index contributed by atoms with van der Waals surface area (Å²) in [6.07, 6.45) is 0.630. The zero-order valence-electron chi connectivity index (χ0n) is 17.3. The molecule has 2 aromatic rings.